The number of carbonyl (C=O) groups is 1. The summed E-state index contributed by atoms with van der Waals surface area (Å²) in [6, 6.07) is 18.0. The lowest BCUT2D eigenvalue weighted by Gasteiger charge is -2.10. The van der Waals surface area contributed by atoms with Gasteiger partial charge in [-0.25, -0.2) is 13.4 Å². The van der Waals surface area contributed by atoms with Crippen LogP contribution >= 0.6 is 27.3 Å². The number of nitrogens with one attached hydrogen (secondary N) is 2. The molecule has 0 aliphatic carbocycles. The van der Waals surface area contributed by atoms with Crippen molar-refractivity contribution in [2.24, 2.45) is 0 Å². The lowest BCUT2D eigenvalue weighted by Crippen LogP contribution is -2.15. The Labute approximate surface area is 191 Å². The van der Waals surface area contributed by atoms with Crippen LogP contribution in [0.15, 0.2) is 76.1 Å². The second-order valence-corrected chi connectivity index (χ2v) is 10.1. The topological polar surface area (TPSA) is 97.4 Å². The van der Waals surface area contributed by atoms with Crippen molar-refractivity contribution >= 4 is 64.2 Å². The molecule has 0 bridgehead atoms. The van der Waals surface area contributed by atoms with Crippen LogP contribution in [0.3, 0.4) is 0 Å². The Kier molecular flexibility index (Phi) is 5.94. The maximum atomic E-state index is 12.7. The molecule has 0 fully saturated rings. The number of carbonyl (C=O) groups excluding carboxylic acids is 1. The highest BCUT2D eigenvalue weighted by Crippen LogP contribution is 2.29. The van der Waals surface area contributed by atoms with Crippen LogP contribution in [0.5, 0.6) is 5.75 Å². The molecule has 10 heteroatoms. The summed E-state index contributed by atoms with van der Waals surface area (Å²) < 4.78 is 34.7. The molecule has 3 aromatic carbocycles. The minimum Gasteiger partial charge on any atom is -0.497 e. The van der Waals surface area contributed by atoms with E-state index in [9.17, 15) is 13.2 Å². The molecule has 0 saturated carbocycles. The Hall–Kier alpha value is -2.95. The Balaban J connectivity index is 1.52. The second-order valence-electron chi connectivity index (χ2n) is 6.45. The Morgan fingerprint density at radius 3 is 2.58 bits per heavy atom. The summed E-state index contributed by atoms with van der Waals surface area (Å²) in [5.74, 6) is 0.170. The summed E-state index contributed by atoms with van der Waals surface area (Å²) in [7, 11) is -2.31. The van der Waals surface area contributed by atoms with E-state index in [1.807, 2.05) is 18.2 Å². The first-order valence-corrected chi connectivity index (χ1v) is 12.1. The Morgan fingerprint density at radius 1 is 1.06 bits per heavy atom. The average molecular weight is 518 g/mol. The number of methoxy groups -OCH3 is 1. The molecule has 0 atom stereocenters. The number of anilines is 2. The predicted molar refractivity (Wildman–Crippen MR) is 126 cm³/mol. The molecule has 7 nitrogen and oxygen atoms in total. The van der Waals surface area contributed by atoms with Gasteiger partial charge in [-0.2, -0.15) is 0 Å². The summed E-state index contributed by atoms with van der Waals surface area (Å²) in [4.78, 5) is 17.2. The normalized spacial score (nSPS) is 11.3. The highest BCUT2D eigenvalue weighted by molar-refractivity contribution is 9.10. The number of ether oxygens (including phenoxy) is 1. The molecule has 0 aliphatic rings. The van der Waals surface area contributed by atoms with Crippen LogP contribution in [0.25, 0.3) is 10.2 Å². The highest BCUT2D eigenvalue weighted by atomic mass is 79.9. The molecule has 4 rings (SSSR count). The van der Waals surface area contributed by atoms with Crippen LogP contribution in [0.4, 0.5) is 10.8 Å². The van der Waals surface area contributed by atoms with Gasteiger partial charge in [0.25, 0.3) is 15.9 Å². The molecule has 1 aromatic heterocycles. The van der Waals surface area contributed by atoms with Crippen LogP contribution in [0.1, 0.15) is 10.4 Å². The van der Waals surface area contributed by atoms with Gasteiger partial charge in [0.1, 0.15) is 5.75 Å². The van der Waals surface area contributed by atoms with E-state index < -0.39 is 10.0 Å². The standard InChI is InChI=1S/C21H16BrN3O4S2/c1-29-16-6-8-17(9-7-16)31(27,28)25-15-4-2-3-13(11-15)20(26)24-21-23-18-10-5-14(22)12-19(18)30-21/h2-12,25H,1H3,(H,23,24,26). The molecule has 1 heterocycles. The number of sulfonamides is 1. The SMILES string of the molecule is COc1ccc(S(=O)(=O)Nc2cccc(C(=O)Nc3nc4ccc(Br)cc4s3)c2)cc1. The van der Waals surface area contributed by atoms with Crippen molar-refractivity contribution in [1.82, 2.24) is 4.98 Å². The van der Waals surface area contributed by atoms with Crippen LogP contribution in [-0.2, 0) is 10.0 Å². The molecule has 0 radical (unpaired) electrons. The lowest BCUT2D eigenvalue weighted by atomic mass is 10.2. The summed E-state index contributed by atoms with van der Waals surface area (Å²) in [5, 5.41) is 3.22. The number of halogens is 1. The summed E-state index contributed by atoms with van der Waals surface area (Å²) >= 11 is 4.77. The van der Waals surface area contributed by atoms with Crippen molar-refractivity contribution in [1.29, 1.82) is 0 Å². The van der Waals surface area contributed by atoms with Gasteiger partial charge in [-0.05, 0) is 60.7 Å². The molecule has 31 heavy (non-hydrogen) atoms. The number of thiazole rings is 1. The summed E-state index contributed by atoms with van der Waals surface area (Å²) in [5.41, 5.74) is 1.36. The molecular formula is C21H16BrN3O4S2. The fourth-order valence-electron chi connectivity index (χ4n) is 2.81. The van der Waals surface area contributed by atoms with E-state index in [4.69, 9.17) is 4.74 Å². The molecule has 0 saturated heterocycles. The van der Waals surface area contributed by atoms with Crippen molar-refractivity contribution in [3.05, 3.63) is 76.8 Å². The zero-order chi connectivity index (χ0) is 22.0. The van der Waals surface area contributed by atoms with Gasteiger partial charge in [0.15, 0.2) is 5.13 Å². The third-order valence-electron chi connectivity index (χ3n) is 4.32. The van der Waals surface area contributed by atoms with Crippen molar-refractivity contribution in [3.63, 3.8) is 0 Å². The maximum absolute atomic E-state index is 12.7. The first-order valence-electron chi connectivity index (χ1n) is 8.98. The number of hydrogen-bond acceptors (Lipinski definition) is 6. The van der Waals surface area contributed by atoms with E-state index in [2.05, 4.69) is 31.0 Å². The Bertz CT molecular complexity index is 1370. The van der Waals surface area contributed by atoms with Crippen molar-refractivity contribution in [2.45, 2.75) is 4.90 Å². The minimum atomic E-state index is -3.81. The fraction of sp³-hybridized carbons (Fsp3) is 0.0476. The van der Waals surface area contributed by atoms with E-state index in [1.165, 1.54) is 36.6 Å². The highest BCUT2D eigenvalue weighted by Gasteiger charge is 2.16. The minimum absolute atomic E-state index is 0.0868. The van der Waals surface area contributed by atoms with E-state index in [-0.39, 0.29) is 16.5 Å². The maximum Gasteiger partial charge on any atom is 0.261 e. The predicted octanol–water partition coefficient (Wildman–Crippen LogP) is 5.12. The van der Waals surface area contributed by atoms with Crippen molar-refractivity contribution in [3.8, 4) is 5.75 Å². The molecule has 4 aromatic rings. The van der Waals surface area contributed by atoms with Gasteiger partial charge in [0, 0.05) is 15.7 Å². The third-order valence-corrected chi connectivity index (χ3v) is 7.14. The van der Waals surface area contributed by atoms with Gasteiger partial charge in [-0.1, -0.05) is 33.3 Å². The van der Waals surface area contributed by atoms with Crippen LogP contribution in [-0.4, -0.2) is 26.4 Å². The van der Waals surface area contributed by atoms with E-state index in [0.29, 0.717) is 16.4 Å². The third kappa shape index (κ3) is 4.87. The molecule has 0 aliphatic heterocycles. The second kappa shape index (κ2) is 8.66. The van der Waals surface area contributed by atoms with E-state index >= 15 is 0 Å². The van der Waals surface area contributed by atoms with Gasteiger partial charge < -0.3 is 4.74 Å². The molecular weight excluding hydrogens is 502 g/mol. The molecule has 0 unspecified atom stereocenters. The number of nitrogens with zero attached hydrogens (tertiary/aromatic N) is 1. The average Bonchev–Trinajstić information content (AvgIpc) is 3.15. The van der Waals surface area contributed by atoms with Crippen LogP contribution in [0, 0.1) is 0 Å². The number of amides is 1. The molecule has 0 spiro atoms. The quantitative estimate of drug-likeness (QED) is 0.369. The molecule has 1 amide bonds. The van der Waals surface area contributed by atoms with E-state index in [0.717, 1.165) is 14.7 Å². The van der Waals surface area contributed by atoms with Gasteiger partial charge in [-0.15, -0.1) is 0 Å². The smallest absolute Gasteiger partial charge is 0.261 e. The fourth-order valence-corrected chi connectivity index (χ4v) is 5.28. The number of hydrogen-bond donors (Lipinski definition) is 2. The zero-order valence-corrected chi connectivity index (χ0v) is 19.3. The first-order chi connectivity index (χ1) is 14.8. The number of aromatic nitrogens is 1. The van der Waals surface area contributed by atoms with Crippen LogP contribution < -0.4 is 14.8 Å². The first kappa shape index (κ1) is 21.3. The summed E-state index contributed by atoms with van der Waals surface area (Å²) in [6.45, 7) is 0. The van der Waals surface area contributed by atoms with Gasteiger partial charge >= 0.3 is 0 Å². The summed E-state index contributed by atoms with van der Waals surface area (Å²) in [6.07, 6.45) is 0. The van der Waals surface area contributed by atoms with Gasteiger partial charge in [0.05, 0.1) is 22.2 Å². The van der Waals surface area contributed by atoms with Crippen molar-refractivity contribution < 1.29 is 17.9 Å². The van der Waals surface area contributed by atoms with Crippen molar-refractivity contribution in [2.75, 3.05) is 17.1 Å². The Morgan fingerprint density at radius 2 is 1.84 bits per heavy atom. The zero-order valence-electron chi connectivity index (χ0n) is 16.1. The molecule has 158 valence electrons. The monoisotopic (exact) mass is 517 g/mol. The molecule has 2 N–H and O–H groups in total. The largest absolute Gasteiger partial charge is 0.497 e. The number of rotatable bonds is 6. The lowest BCUT2D eigenvalue weighted by molar-refractivity contribution is 0.102. The van der Waals surface area contributed by atoms with E-state index in [1.54, 1.807) is 30.3 Å². The van der Waals surface area contributed by atoms with Gasteiger partial charge in [0.2, 0.25) is 0 Å². The number of benzene rings is 3. The van der Waals surface area contributed by atoms with Gasteiger partial charge in [-0.3, -0.25) is 14.8 Å². The van der Waals surface area contributed by atoms with Crippen LogP contribution in [0.2, 0.25) is 0 Å². The number of fused-ring (bicyclic) bond motifs is 1.